The standard InChI is InChI=1S/C25H22N2O5/c1-31-22-15-9-8-14-20(22)16-21(18-10-4-2-5-11-18)25(30)32-17-23(28)26-27-24(29)19-12-6-3-7-13-19/h2-16H,17H2,1H3,(H,26,28)(H,27,29)/b21-16+. The first-order valence-corrected chi connectivity index (χ1v) is 9.80. The van der Waals surface area contributed by atoms with Crippen molar-refractivity contribution in [2.24, 2.45) is 0 Å². The molecular weight excluding hydrogens is 408 g/mol. The molecule has 2 N–H and O–H groups in total. The second kappa shape index (κ2) is 11.1. The number of hydrogen-bond donors (Lipinski definition) is 2. The van der Waals surface area contributed by atoms with Gasteiger partial charge in [-0.15, -0.1) is 0 Å². The zero-order valence-corrected chi connectivity index (χ0v) is 17.4. The minimum atomic E-state index is -0.688. The van der Waals surface area contributed by atoms with E-state index >= 15 is 0 Å². The van der Waals surface area contributed by atoms with Gasteiger partial charge in [-0.05, 0) is 29.8 Å². The highest BCUT2D eigenvalue weighted by Crippen LogP contribution is 2.25. The summed E-state index contributed by atoms with van der Waals surface area (Å²) < 4.78 is 10.5. The van der Waals surface area contributed by atoms with Crippen molar-refractivity contribution in [3.05, 3.63) is 102 Å². The molecule has 3 aromatic rings. The van der Waals surface area contributed by atoms with Crippen molar-refractivity contribution in [3.8, 4) is 5.75 Å². The molecule has 2 amide bonds. The Bertz CT molecular complexity index is 1110. The summed E-state index contributed by atoms with van der Waals surface area (Å²) >= 11 is 0. The molecule has 7 nitrogen and oxygen atoms in total. The van der Waals surface area contributed by atoms with Crippen molar-refractivity contribution in [3.63, 3.8) is 0 Å². The summed E-state index contributed by atoms with van der Waals surface area (Å²) in [4.78, 5) is 36.9. The summed E-state index contributed by atoms with van der Waals surface area (Å²) in [6, 6.07) is 24.6. The third-order valence-corrected chi connectivity index (χ3v) is 4.43. The quantitative estimate of drug-likeness (QED) is 0.260. The fourth-order valence-corrected chi connectivity index (χ4v) is 2.85. The van der Waals surface area contributed by atoms with E-state index in [1.54, 1.807) is 79.9 Å². The van der Waals surface area contributed by atoms with Gasteiger partial charge in [0.2, 0.25) is 0 Å². The van der Waals surface area contributed by atoms with Gasteiger partial charge in [0.25, 0.3) is 11.8 Å². The number of para-hydroxylation sites is 1. The highest BCUT2D eigenvalue weighted by atomic mass is 16.5. The molecule has 0 aliphatic rings. The molecule has 0 radical (unpaired) electrons. The van der Waals surface area contributed by atoms with Crippen LogP contribution in [0.15, 0.2) is 84.9 Å². The maximum Gasteiger partial charge on any atom is 0.339 e. The largest absolute Gasteiger partial charge is 0.496 e. The van der Waals surface area contributed by atoms with Crippen LogP contribution >= 0.6 is 0 Å². The fourth-order valence-electron chi connectivity index (χ4n) is 2.85. The Morgan fingerprint density at radius 2 is 1.38 bits per heavy atom. The molecule has 0 atom stereocenters. The summed E-state index contributed by atoms with van der Waals surface area (Å²) in [5.41, 5.74) is 6.46. The minimum absolute atomic E-state index is 0.260. The molecular formula is C25H22N2O5. The summed E-state index contributed by atoms with van der Waals surface area (Å²) in [6.45, 7) is -0.565. The minimum Gasteiger partial charge on any atom is -0.496 e. The van der Waals surface area contributed by atoms with Crippen molar-refractivity contribution < 1.29 is 23.9 Å². The van der Waals surface area contributed by atoms with E-state index in [9.17, 15) is 14.4 Å². The second-order valence-electron chi connectivity index (χ2n) is 6.61. The molecule has 0 aliphatic carbocycles. The average molecular weight is 430 g/mol. The van der Waals surface area contributed by atoms with Gasteiger partial charge in [0.15, 0.2) is 6.61 Å². The Morgan fingerprint density at radius 3 is 2.03 bits per heavy atom. The lowest BCUT2D eigenvalue weighted by molar-refractivity contribution is -0.143. The van der Waals surface area contributed by atoms with Gasteiger partial charge in [-0.2, -0.15) is 0 Å². The van der Waals surface area contributed by atoms with Crippen LogP contribution in [0.4, 0.5) is 0 Å². The van der Waals surface area contributed by atoms with Crippen LogP contribution in [0.1, 0.15) is 21.5 Å². The Kier molecular flexibility index (Phi) is 7.75. The topological polar surface area (TPSA) is 93.7 Å². The molecule has 0 heterocycles. The Balaban J connectivity index is 1.67. The molecule has 0 bridgehead atoms. The first-order valence-electron chi connectivity index (χ1n) is 9.80. The highest BCUT2D eigenvalue weighted by Gasteiger charge is 2.17. The molecule has 162 valence electrons. The Morgan fingerprint density at radius 1 is 0.781 bits per heavy atom. The number of hydrogen-bond acceptors (Lipinski definition) is 5. The van der Waals surface area contributed by atoms with Crippen molar-refractivity contribution >= 4 is 29.4 Å². The van der Waals surface area contributed by atoms with Gasteiger partial charge in [-0.1, -0.05) is 66.7 Å². The number of amides is 2. The summed E-state index contributed by atoms with van der Waals surface area (Å²) in [7, 11) is 1.54. The average Bonchev–Trinajstić information content (AvgIpc) is 2.85. The lowest BCUT2D eigenvalue weighted by Gasteiger charge is -2.11. The number of nitrogens with one attached hydrogen (secondary N) is 2. The van der Waals surface area contributed by atoms with Gasteiger partial charge >= 0.3 is 5.97 Å². The second-order valence-corrected chi connectivity index (χ2v) is 6.61. The van der Waals surface area contributed by atoms with E-state index in [-0.39, 0.29) is 5.57 Å². The number of ether oxygens (including phenoxy) is 2. The third kappa shape index (κ3) is 6.06. The number of esters is 1. The van der Waals surface area contributed by atoms with Crippen molar-refractivity contribution in [2.75, 3.05) is 13.7 Å². The van der Waals surface area contributed by atoms with Crippen LogP contribution in [-0.4, -0.2) is 31.5 Å². The molecule has 7 heteroatoms. The normalized spacial score (nSPS) is 10.7. The summed E-state index contributed by atoms with van der Waals surface area (Å²) in [6.07, 6.45) is 1.64. The zero-order chi connectivity index (χ0) is 22.8. The van der Waals surface area contributed by atoms with Crippen LogP contribution < -0.4 is 15.6 Å². The number of hydrazine groups is 1. The van der Waals surface area contributed by atoms with Gasteiger partial charge in [0.05, 0.1) is 12.7 Å². The third-order valence-electron chi connectivity index (χ3n) is 4.43. The molecule has 0 aromatic heterocycles. The number of carbonyl (C=O) groups is 3. The van der Waals surface area contributed by atoms with Crippen molar-refractivity contribution in [1.82, 2.24) is 10.9 Å². The van der Waals surface area contributed by atoms with Crippen LogP contribution in [0.25, 0.3) is 11.6 Å². The van der Waals surface area contributed by atoms with Crippen LogP contribution in [0, 0.1) is 0 Å². The number of rotatable bonds is 7. The molecule has 0 fully saturated rings. The number of benzene rings is 3. The molecule has 32 heavy (non-hydrogen) atoms. The smallest absolute Gasteiger partial charge is 0.339 e. The molecule has 0 saturated carbocycles. The zero-order valence-electron chi connectivity index (χ0n) is 17.4. The first kappa shape index (κ1) is 22.3. The van der Waals surface area contributed by atoms with Crippen LogP contribution in [0.3, 0.4) is 0 Å². The van der Waals surface area contributed by atoms with E-state index < -0.39 is 24.4 Å². The van der Waals surface area contributed by atoms with Gasteiger partial charge in [0.1, 0.15) is 5.75 Å². The predicted octanol–water partition coefficient (Wildman–Crippen LogP) is 3.24. The Hall–Kier alpha value is -4.39. The monoisotopic (exact) mass is 430 g/mol. The fraction of sp³-hybridized carbons (Fsp3) is 0.0800. The van der Waals surface area contributed by atoms with E-state index in [0.717, 1.165) is 0 Å². The van der Waals surface area contributed by atoms with Crippen LogP contribution in [-0.2, 0) is 14.3 Å². The predicted molar refractivity (Wildman–Crippen MR) is 120 cm³/mol. The molecule has 0 saturated heterocycles. The van der Waals surface area contributed by atoms with E-state index in [2.05, 4.69) is 10.9 Å². The first-order chi connectivity index (χ1) is 15.6. The number of methoxy groups -OCH3 is 1. The maximum atomic E-state index is 12.8. The number of carbonyl (C=O) groups excluding carboxylic acids is 3. The van der Waals surface area contributed by atoms with E-state index in [0.29, 0.717) is 22.4 Å². The van der Waals surface area contributed by atoms with Crippen LogP contribution in [0.5, 0.6) is 5.75 Å². The van der Waals surface area contributed by atoms with E-state index in [4.69, 9.17) is 9.47 Å². The van der Waals surface area contributed by atoms with Crippen molar-refractivity contribution in [2.45, 2.75) is 0 Å². The molecule has 0 unspecified atom stereocenters. The SMILES string of the molecule is COc1ccccc1/C=C(/C(=O)OCC(=O)NNC(=O)c1ccccc1)c1ccccc1. The van der Waals surface area contributed by atoms with Gasteiger partial charge in [-0.3, -0.25) is 20.4 Å². The molecule has 3 rings (SSSR count). The van der Waals surface area contributed by atoms with Gasteiger partial charge in [-0.25, -0.2) is 4.79 Å². The van der Waals surface area contributed by atoms with Crippen molar-refractivity contribution in [1.29, 1.82) is 0 Å². The summed E-state index contributed by atoms with van der Waals surface area (Å²) in [5.74, 6) is -1.25. The maximum absolute atomic E-state index is 12.8. The van der Waals surface area contributed by atoms with Gasteiger partial charge < -0.3 is 9.47 Å². The summed E-state index contributed by atoms with van der Waals surface area (Å²) in [5, 5.41) is 0. The lowest BCUT2D eigenvalue weighted by atomic mass is 10.0. The molecule has 3 aromatic carbocycles. The van der Waals surface area contributed by atoms with E-state index in [1.807, 2.05) is 18.2 Å². The van der Waals surface area contributed by atoms with Gasteiger partial charge in [0, 0.05) is 11.1 Å². The molecule has 0 spiro atoms. The van der Waals surface area contributed by atoms with Crippen LogP contribution in [0.2, 0.25) is 0 Å². The van der Waals surface area contributed by atoms with E-state index in [1.165, 1.54) is 0 Å². The lowest BCUT2D eigenvalue weighted by Crippen LogP contribution is -2.43. The highest BCUT2D eigenvalue weighted by molar-refractivity contribution is 6.22. The molecule has 0 aliphatic heterocycles. The Labute approximate surface area is 185 Å².